The molecular weight excluding hydrogens is 389 g/mol. The molecule has 3 rings (SSSR count). The highest BCUT2D eigenvalue weighted by Gasteiger charge is 2.62. The fourth-order valence-electron chi connectivity index (χ4n) is 2.67. The molecule has 0 saturated heterocycles. The maximum atomic E-state index is 12.9. The smallest absolute Gasteiger partial charge is 0.394 e. The van der Waals surface area contributed by atoms with Crippen LogP contribution in [0, 0.1) is 5.41 Å². The summed E-state index contributed by atoms with van der Waals surface area (Å²) in [6.45, 7) is -0.245. The SMILES string of the molecule is O=C(O)c1ccc(-n2cccc(OCCC3(C(F)(F)F)CC3)c2=O)nc1Cl. The Morgan fingerprint density at radius 3 is 2.59 bits per heavy atom. The standard InChI is InChI=1S/C17H14ClF3N2O4/c18-13-10(15(25)26)3-4-12(22-13)23-8-1-2-11(14(23)24)27-9-7-16(5-6-16)17(19,20)21/h1-4,8H,5-7,9H2,(H,25,26). The van der Waals surface area contributed by atoms with E-state index in [-0.39, 0.29) is 48.2 Å². The summed E-state index contributed by atoms with van der Waals surface area (Å²) in [5.74, 6) is -1.33. The summed E-state index contributed by atoms with van der Waals surface area (Å²) in [5, 5.41) is 8.67. The fraction of sp³-hybridized carbons (Fsp3) is 0.353. The van der Waals surface area contributed by atoms with Gasteiger partial charge in [-0.1, -0.05) is 11.6 Å². The van der Waals surface area contributed by atoms with Crippen LogP contribution in [0.15, 0.2) is 35.3 Å². The largest absolute Gasteiger partial charge is 0.488 e. The topological polar surface area (TPSA) is 81.4 Å². The highest BCUT2D eigenvalue weighted by atomic mass is 35.5. The second-order valence-corrected chi connectivity index (χ2v) is 6.60. The van der Waals surface area contributed by atoms with Gasteiger partial charge in [0.1, 0.15) is 11.0 Å². The van der Waals surface area contributed by atoms with E-state index in [2.05, 4.69) is 4.98 Å². The van der Waals surface area contributed by atoms with E-state index in [1.807, 2.05) is 0 Å². The maximum Gasteiger partial charge on any atom is 0.394 e. The normalized spacial score (nSPS) is 15.4. The molecule has 0 radical (unpaired) electrons. The van der Waals surface area contributed by atoms with E-state index in [0.29, 0.717) is 0 Å². The van der Waals surface area contributed by atoms with Crippen molar-refractivity contribution in [3.63, 3.8) is 0 Å². The van der Waals surface area contributed by atoms with Crippen molar-refractivity contribution < 1.29 is 27.8 Å². The van der Waals surface area contributed by atoms with Crippen LogP contribution in [0.25, 0.3) is 5.82 Å². The van der Waals surface area contributed by atoms with Crippen molar-refractivity contribution in [3.05, 3.63) is 51.5 Å². The number of carboxylic acid groups (broad SMARTS) is 1. The molecule has 0 amide bonds. The molecule has 2 aromatic rings. The highest BCUT2D eigenvalue weighted by Crippen LogP contribution is 2.59. The summed E-state index contributed by atoms with van der Waals surface area (Å²) in [5.41, 5.74) is -2.56. The molecule has 1 saturated carbocycles. The van der Waals surface area contributed by atoms with Crippen LogP contribution in [0.1, 0.15) is 29.6 Å². The summed E-state index contributed by atoms with van der Waals surface area (Å²) < 4.78 is 45.1. The number of carboxylic acids is 1. The molecule has 144 valence electrons. The van der Waals surface area contributed by atoms with Gasteiger partial charge in [0, 0.05) is 6.20 Å². The minimum Gasteiger partial charge on any atom is -0.488 e. The molecule has 0 spiro atoms. The van der Waals surface area contributed by atoms with Gasteiger partial charge in [0.2, 0.25) is 0 Å². The zero-order chi connectivity index (χ0) is 19.8. The van der Waals surface area contributed by atoms with Crippen molar-refractivity contribution in [3.8, 4) is 11.6 Å². The van der Waals surface area contributed by atoms with Crippen molar-refractivity contribution in [2.45, 2.75) is 25.4 Å². The van der Waals surface area contributed by atoms with Crippen LogP contribution < -0.4 is 10.3 Å². The fourth-order valence-corrected chi connectivity index (χ4v) is 2.90. The van der Waals surface area contributed by atoms with E-state index in [4.69, 9.17) is 21.4 Å². The summed E-state index contributed by atoms with van der Waals surface area (Å²) >= 11 is 5.80. The molecule has 1 aliphatic rings. The van der Waals surface area contributed by atoms with Gasteiger partial charge in [-0.05, 0) is 43.5 Å². The lowest BCUT2D eigenvalue weighted by atomic mass is 10.0. The number of pyridine rings is 2. The number of carbonyl (C=O) groups is 1. The Balaban J connectivity index is 1.78. The van der Waals surface area contributed by atoms with Crippen LogP contribution in [0.4, 0.5) is 13.2 Å². The monoisotopic (exact) mass is 402 g/mol. The van der Waals surface area contributed by atoms with Crippen LogP contribution in [-0.2, 0) is 0 Å². The molecular formula is C17H14ClF3N2O4. The predicted molar refractivity (Wildman–Crippen MR) is 89.6 cm³/mol. The number of hydrogen-bond donors (Lipinski definition) is 1. The van der Waals surface area contributed by atoms with Gasteiger partial charge in [-0.3, -0.25) is 9.36 Å². The first kappa shape index (κ1) is 19.2. The first-order valence-electron chi connectivity index (χ1n) is 7.96. The summed E-state index contributed by atoms with van der Waals surface area (Å²) in [7, 11) is 0. The van der Waals surface area contributed by atoms with Crippen LogP contribution >= 0.6 is 11.6 Å². The Bertz CT molecular complexity index is 939. The van der Waals surface area contributed by atoms with Gasteiger partial charge in [-0.2, -0.15) is 13.2 Å². The number of hydrogen-bond acceptors (Lipinski definition) is 4. The highest BCUT2D eigenvalue weighted by molar-refractivity contribution is 6.32. The molecule has 2 aromatic heterocycles. The number of aromatic carboxylic acids is 1. The van der Waals surface area contributed by atoms with Crippen LogP contribution in [0.2, 0.25) is 5.15 Å². The molecule has 1 fully saturated rings. The Morgan fingerprint density at radius 2 is 2.04 bits per heavy atom. The van der Waals surface area contributed by atoms with E-state index in [0.717, 1.165) is 4.57 Å². The average Bonchev–Trinajstić information content (AvgIpc) is 3.37. The predicted octanol–water partition coefficient (Wildman–Crippen LogP) is 3.70. The Kier molecular flexibility index (Phi) is 4.90. The van der Waals surface area contributed by atoms with Crippen molar-refractivity contribution >= 4 is 17.6 Å². The van der Waals surface area contributed by atoms with Crippen molar-refractivity contribution in [2.75, 3.05) is 6.61 Å². The zero-order valence-electron chi connectivity index (χ0n) is 13.8. The molecule has 0 bridgehead atoms. The van der Waals surface area contributed by atoms with Gasteiger partial charge in [0.05, 0.1) is 17.6 Å². The molecule has 1 N–H and O–H groups in total. The third-order valence-corrected chi connectivity index (χ3v) is 4.80. The van der Waals surface area contributed by atoms with Crippen molar-refractivity contribution in [1.29, 1.82) is 0 Å². The Labute approximate surface area is 156 Å². The number of alkyl halides is 3. The lowest BCUT2D eigenvalue weighted by molar-refractivity contribution is -0.190. The molecule has 1 aliphatic carbocycles. The molecule has 0 atom stereocenters. The third kappa shape index (κ3) is 3.78. The quantitative estimate of drug-likeness (QED) is 0.745. The lowest BCUT2D eigenvalue weighted by Crippen LogP contribution is -2.27. The maximum absolute atomic E-state index is 12.9. The minimum absolute atomic E-state index is 0.0643. The van der Waals surface area contributed by atoms with Gasteiger partial charge in [-0.25, -0.2) is 9.78 Å². The van der Waals surface area contributed by atoms with Crippen LogP contribution in [-0.4, -0.2) is 33.4 Å². The van der Waals surface area contributed by atoms with E-state index >= 15 is 0 Å². The Morgan fingerprint density at radius 1 is 1.33 bits per heavy atom. The number of rotatable bonds is 6. The zero-order valence-corrected chi connectivity index (χ0v) is 14.5. The van der Waals surface area contributed by atoms with E-state index < -0.39 is 23.1 Å². The Hall–Kier alpha value is -2.55. The molecule has 0 unspecified atom stereocenters. The van der Waals surface area contributed by atoms with E-state index in [1.165, 1.54) is 30.5 Å². The molecule has 10 heteroatoms. The van der Waals surface area contributed by atoms with Gasteiger partial charge in [-0.15, -0.1) is 0 Å². The van der Waals surface area contributed by atoms with Gasteiger partial charge >= 0.3 is 12.1 Å². The van der Waals surface area contributed by atoms with Crippen LogP contribution in [0.3, 0.4) is 0 Å². The third-order valence-electron chi connectivity index (χ3n) is 4.52. The van der Waals surface area contributed by atoms with Crippen LogP contribution in [0.5, 0.6) is 5.75 Å². The second kappa shape index (κ2) is 6.88. The van der Waals surface area contributed by atoms with Gasteiger partial charge < -0.3 is 9.84 Å². The summed E-state index contributed by atoms with van der Waals surface area (Å²) in [6, 6.07) is 5.31. The number of ether oxygens (including phenoxy) is 1. The molecule has 2 heterocycles. The lowest BCUT2D eigenvalue weighted by Gasteiger charge is -2.19. The minimum atomic E-state index is -4.28. The summed E-state index contributed by atoms with van der Waals surface area (Å²) in [6.07, 6.45) is -3.00. The first-order chi connectivity index (χ1) is 12.6. The average molecular weight is 403 g/mol. The van der Waals surface area contributed by atoms with Crippen molar-refractivity contribution in [2.24, 2.45) is 5.41 Å². The number of nitrogens with zero attached hydrogens (tertiary/aromatic N) is 2. The summed E-state index contributed by atoms with van der Waals surface area (Å²) in [4.78, 5) is 27.3. The van der Waals surface area contributed by atoms with Crippen molar-refractivity contribution in [1.82, 2.24) is 9.55 Å². The van der Waals surface area contributed by atoms with E-state index in [1.54, 1.807) is 0 Å². The molecule has 6 nitrogen and oxygen atoms in total. The number of halogens is 4. The van der Waals surface area contributed by atoms with Gasteiger partial charge in [0.25, 0.3) is 5.56 Å². The molecule has 0 aliphatic heterocycles. The second-order valence-electron chi connectivity index (χ2n) is 6.24. The molecule has 0 aromatic carbocycles. The number of aromatic nitrogens is 2. The first-order valence-corrected chi connectivity index (χ1v) is 8.34. The molecule has 27 heavy (non-hydrogen) atoms. The van der Waals surface area contributed by atoms with Gasteiger partial charge in [0.15, 0.2) is 5.75 Å². The van der Waals surface area contributed by atoms with E-state index in [9.17, 15) is 22.8 Å².